The molecule has 5 nitrogen and oxygen atoms in total. The lowest BCUT2D eigenvalue weighted by molar-refractivity contribution is 0.393. The fourth-order valence-corrected chi connectivity index (χ4v) is 4.03. The predicted octanol–water partition coefficient (Wildman–Crippen LogP) is 4.35. The number of benzene rings is 1. The first-order chi connectivity index (χ1) is 12.7. The normalized spacial score (nSPS) is 18.0. The van der Waals surface area contributed by atoms with Crippen molar-refractivity contribution < 1.29 is 9.29 Å². The van der Waals surface area contributed by atoms with Crippen LogP contribution in [0.15, 0.2) is 36.7 Å². The maximum Gasteiger partial charge on any atom is 0.216 e. The average Bonchev–Trinajstić information content (AvgIpc) is 3.42. The van der Waals surface area contributed by atoms with Crippen molar-refractivity contribution in [3.05, 3.63) is 52.9 Å². The van der Waals surface area contributed by atoms with Crippen LogP contribution in [0.5, 0.6) is 5.88 Å². The fourth-order valence-electron chi connectivity index (χ4n) is 3.08. The molecule has 146 valence electrons. The Labute approximate surface area is 169 Å². The third-order valence-corrected chi connectivity index (χ3v) is 6.78. The lowest BCUT2D eigenvalue weighted by atomic mass is 9.90. The van der Waals surface area contributed by atoms with Gasteiger partial charge in [-0.3, -0.25) is 0 Å². The van der Waals surface area contributed by atoms with Gasteiger partial charge in [0, 0.05) is 27.9 Å². The van der Waals surface area contributed by atoms with Crippen LogP contribution in [0.3, 0.4) is 0 Å². The molecule has 1 fully saturated rings. The summed E-state index contributed by atoms with van der Waals surface area (Å²) in [6, 6.07) is 9.59. The second-order valence-corrected chi connectivity index (χ2v) is 10.5. The van der Waals surface area contributed by atoms with E-state index in [1.807, 2.05) is 51.1 Å². The number of halogens is 1. The van der Waals surface area contributed by atoms with E-state index in [1.54, 1.807) is 13.4 Å². The molecular weight excluding hydrogens is 382 g/mol. The van der Waals surface area contributed by atoms with Gasteiger partial charge in [0.15, 0.2) is 0 Å². The Morgan fingerprint density at radius 2 is 1.93 bits per heavy atom. The van der Waals surface area contributed by atoms with E-state index in [-0.39, 0.29) is 16.2 Å². The SMILES string of the molecule is COc1cc(C2(C[C@H](N[S+]([O-])C(C)(C)C)c3ccc(Cl)cc3)CC2)ncn1. The lowest BCUT2D eigenvalue weighted by Gasteiger charge is -2.30. The summed E-state index contributed by atoms with van der Waals surface area (Å²) < 4.78 is 21.0. The molecule has 1 aromatic carbocycles. The smallest absolute Gasteiger partial charge is 0.216 e. The minimum Gasteiger partial charge on any atom is -0.598 e. The molecule has 0 amide bonds. The Kier molecular flexibility index (Phi) is 6.01. The molecule has 3 rings (SSSR count). The molecule has 1 N–H and O–H groups in total. The third-order valence-electron chi connectivity index (χ3n) is 4.92. The van der Waals surface area contributed by atoms with Crippen LogP contribution in [0.25, 0.3) is 0 Å². The maximum atomic E-state index is 12.8. The van der Waals surface area contributed by atoms with Crippen molar-refractivity contribution in [1.82, 2.24) is 14.7 Å². The zero-order valence-corrected chi connectivity index (χ0v) is 17.7. The number of aromatic nitrogens is 2. The number of nitrogens with zero attached hydrogens (tertiary/aromatic N) is 2. The summed E-state index contributed by atoms with van der Waals surface area (Å²) in [7, 11) is 1.61. The van der Waals surface area contributed by atoms with Gasteiger partial charge in [-0.15, -0.1) is 4.72 Å². The molecule has 1 aliphatic carbocycles. The first-order valence-corrected chi connectivity index (χ1v) is 10.6. The molecule has 2 atom stereocenters. The van der Waals surface area contributed by atoms with Crippen LogP contribution in [0, 0.1) is 0 Å². The molecule has 27 heavy (non-hydrogen) atoms. The number of ether oxygens (including phenoxy) is 1. The molecular formula is C20H26ClN3O2S. The zero-order valence-electron chi connectivity index (χ0n) is 16.2. The van der Waals surface area contributed by atoms with Crippen molar-refractivity contribution >= 4 is 23.0 Å². The van der Waals surface area contributed by atoms with Gasteiger partial charge in [0.2, 0.25) is 5.88 Å². The van der Waals surface area contributed by atoms with E-state index in [4.69, 9.17) is 16.3 Å². The van der Waals surface area contributed by atoms with Gasteiger partial charge in [-0.05, 0) is 57.7 Å². The van der Waals surface area contributed by atoms with Crippen LogP contribution in [0.1, 0.15) is 57.3 Å². The number of hydrogen-bond acceptors (Lipinski definition) is 5. The topological polar surface area (TPSA) is 70.1 Å². The molecule has 0 bridgehead atoms. The Hall–Kier alpha value is -1.34. The van der Waals surface area contributed by atoms with Crippen LogP contribution < -0.4 is 9.46 Å². The largest absolute Gasteiger partial charge is 0.598 e. The zero-order chi connectivity index (χ0) is 19.7. The van der Waals surface area contributed by atoms with E-state index < -0.39 is 11.4 Å². The van der Waals surface area contributed by atoms with Gasteiger partial charge in [-0.25, -0.2) is 9.97 Å². The standard InChI is InChI=1S/C20H26ClN3O2S/c1-19(2,3)27(25)24-16(14-5-7-15(21)8-6-14)12-20(9-10-20)17-11-18(26-4)23-13-22-17/h5-8,11,13,16,24H,9-10,12H2,1-4H3/t16-,27?/m0/s1. The van der Waals surface area contributed by atoms with Gasteiger partial charge in [-0.2, -0.15) is 0 Å². The van der Waals surface area contributed by atoms with Crippen LogP contribution >= 0.6 is 11.6 Å². The Balaban J connectivity index is 1.87. The van der Waals surface area contributed by atoms with E-state index in [2.05, 4.69) is 14.7 Å². The predicted molar refractivity (Wildman–Crippen MR) is 109 cm³/mol. The van der Waals surface area contributed by atoms with Crippen molar-refractivity contribution in [3.8, 4) is 5.88 Å². The summed E-state index contributed by atoms with van der Waals surface area (Å²) in [6.45, 7) is 5.91. The number of rotatable bonds is 7. The first kappa shape index (κ1) is 20.4. The molecule has 1 heterocycles. The van der Waals surface area contributed by atoms with Gasteiger partial charge in [-0.1, -0.05) is 23.7 Å². The van der Waals surface area contributed by atoms with E-state index in [1.165, 1.54) is 0 Å². The van der Waals surface area contributed by atoms with E-state index >= 15 is 0 Å². The summed E-state index contributed by atoms with van der Waals surface area (Å²) in [5.41, 5.74) is 2.01. The van der Waals surface area contributed by atoms with Gasteiger partial charge >= 0.3 is 0 Å². The molecule has 1 saturated carbocycles. The molecule has 2 aromatic rings. The summed E-state index contributed by atoms with van der Waals surface area (Å²) in [4.78, 5) is 8.61. The van der Waals surface area contributed by atoms with Crippen molar-refractivity contribution in [2.75, 3.05) is 7.11 Å². The first-order valence-electron chi connectivity index (χ1n) is 9.03. The second kappa shape index (κ2) is 7.95. The fraction of sp³-hybridized carbons (Fsp3) is 0.500. The summed E-state index contributed by atoms with van der Waals surface area (Å²) in [6.07, 6.45) is 4.44. The summed E-state index contributed by atoms with van der Waals surface area (Å²) in [5, 5.41) is 0.691. The average molecular weight is 408 g/mol. The molecule has 1 unspecified atom stereocenters. The van der Waals surface area contributed by atoms with E-state index in [9.17, 15) is 4.55 Å². The summed E-state index contributed by atoms with van der Waals surface area (Å²) >= 11 is 4.88. The van der Waals surface area contributed by atoms with Gasteiger partial charge in [0.25, 0.3) is 0 Å². The monoisotopic (exact) mass is 407 g/mol. The van der Waals surface area contributed by atoms with E-state index in [0.717, 1.165) is 30.5 Å². The minimum absolute atomic E-state index is 0.0460. The quantitative estimate of drug-likeness (QED) is 0.690. The van der Waals surface area contributed by atoms with Crippen LogP contribution in [0.4, 0.5) is 0 Å². The lowest BCUT2D eigenvalue weighted by Crippen LogP contribution is -2.42. The molecule has 0 saturated heterocycles. The van der Waals surface area contributed by atoms with Crippen LogP contribution in [-0.4, -0.2) is 26.4 Å². The third kappa shape index (κ3) is 4.93. The molecule has 0 radical (unpaired) electrons. The number of nitrogens with one attached hydrogen (secondary N) is 1. The van der Waals surface area contributed by atoms with Crippen molar-refractivity contribution in [2.45, 2.75) is 56.2 Å². The minimum atomic E-state index is -1.18. The van der Waals surface area contributed by atoms with Gasteiger partial charge < -0.3 is 9.29 Å². The molecule has 1 aliphatic rings. The van der Waals surface area contributed by atoms with Gasteiger partial charge in [0.05, 0.1) is 18.8 Å². The molecule has 1 aromatic heterocycles. The highest BCUT2D eigenvalue weighted by molar-refractivity contribution is 7.90. The van der Waals surface area contributed by atoms with E-state index in [0.29, 0.717) is 10.9 Å². The van der Waals surface area contributed by atoms with Crippen molar-refractivity contribution in [2.24, 2.45) is 0 Å². The maximum absolute atomic E-state index is 12.8. The second-order valence-electron chi connectivity index (χ2n) is 8.03. The highest BCUT2D eigenvalue weighted by Gasteiger charge is 2.48. The van der Waals surface area contributed by atoms with Crippen LogP contribution in [-0.2, 0) is 16.8 Å². The Morgan fingerprint density at radius 3 is 2.48 bits per heavy atom. The van der Waals surface area contributed by atoms with Crippen molar-refractivity contribution in [1.29, 1.82) is 0 Å². The van der Waals surface area contributed by atoms with Gasteiger partial charge in [0.1, 0.15) is 11.1 Å². The highest BCUT2D eigenvalue weighted by Crippen LogP contribution is 2.53. The number of methoxy groups -OCH3 is 1. The Bertz CT molecular complexity index is 776. The number of hydrogen-bond donors (Lipinski definition) is 1. The van der Waals surface area contributed by atoms with Crippen LogP contribution in [0.2, 0.25) is 5.02 Å². The molecule has 0 aliphatic heterocycles. The van der Waals surface area contributed by atoms with Crippen molar-refractivity contribution in [3.63, 3.8) is 0 Å². The summed E-state index contributed by atoms with van der Waals surface area (Å²) in [5.74, 6) is 0.570. The Morgan fingerprint density at radius 1 is 1.26 bits per heavy atom. The molecule has 0 spiro atoms. The highest BCUT2D eigenvalue weighted by atomic mass is 35.5. The molecule has 7 heteroatoms.